The van der Waals surface area contributed by atoms with E-state index in [9.17, 15) is 9.59 Å². The van der Waals surface area contributed by atoms with Gasteiger partial charge in [-0.15, -0.1) is 0 Å². The first-order valence-electron chi connectivity index (χ1n) is 6.24. The van der Waals surface area contributed by atoms with Crippen LogP contribution in [0.3, 0.4) is 0 Å². The van der Waals surface area contributed by atoms with Crippen LogP contribution in [0.4, 0.5) is 0 Å². The number of hydrogen-bond acceptors (Lipinski definition) is 4. The molecular formula is C14H16N2O3. The number of ether oxygens (including phenoxy) is 1. The molecule has 0 fully saturated rings. The Morgan fingerprint density at radius 3 is 2.79 bits per heavy atom. The summed E-state index contributed by atoms with van der Waals surface area (Å²) < 4.78 is 4.82. The first-order valence-corrected chi connectivity index (χ1v) is 6.24. The largest absolute Gasteiger partial charge is 0.460 e. The topological polar surface area (TPSA) is 72.0 Å². The SMILES string of the molecule is CCOC(=O)c1nc2ccc(C(C)C)cc2c(=O)[nH]1. The number of fused-ring (bicyclic) bond motifs is 1. The predicted molar refractivity (Wildman–Crippen MR) is 72.4 cm³/mol. The lowest BCUT2D eigenvalue weighted by atomic mass is 10.0. The number of hydrogen-bond donors (Lipinski definition) is 1. The lowest BCUT2D eigenvalue weighted by molar-refractivity contribution is 0.0512. The normalized spacial score (nSPS) is 10.9. The maximum atomic E-state index is 12.0. The Hall–Kier alpha value is -2.17. The van der Waals surface area contributed by atoms with Gasteiger partial charge in [0.05, 0.1) is 17.5 Å². The first-order chi connectivity index (χ1) is 9.02. The zero-order chi connectivity index (χ0) is 14.0. The number of nitrogens with one attached hydrogen (secondary N) is 1. The molecule has 1 N–H and O–H groups in total. The molecule has 1 aromatic heterocycles. The molecule has 5 heteroatoms. The van der Waals surface area contributed by atoms with Gasteiger partial charge >= 0.3 is 5.97 Å². The molecule has 100 valence electrons. The number of benzene rings is 1. The molecule has 0 saturated carbocycles. The molecule has 19 heavy (non-hydrogen) atoms. The zero-order valence-corrected chi connectivity index (χ0v) is 11.2. The smallest absolute Gasteiger partial charge is 0.374 e. The third-order valence-electron chi connectivity index (χ3n) is 2.86. The molecule has 1 heterocycles. The van der Waals surface area contributed by atoms with Crippen molar-refractivity contribution in [2.45, 2.75) is 26.7 Å². The maximum Gasteiger partial charge on any atom is 0.374 e. The molecule has 0 bridgehead atoms. The molecule has 0 radical (unpaired) electrons. The molecule has 0 atom stereocenters. The minimum Gasteiger partial charge on any atom is -0.460 e. The maximum absolute atomic E-state index is 12.0. The van der Waals surface area contributed by atoms with Crippen LogP contribution in [0.2, 0.25) is 0 Å². The second-order valence-corrected chi connectivity index (χ2v) is 4.57. The summed E-state index contributed by atoms with van der Waals surface area (Å²) in [5.74, 6) is -0.348. The van der Waals surface area contributed by atoms with Gasteiger partial charge in [-0.3, -0.25) is 4.79 Å². The number of carbonyl (C=O) groups is 1. The molecule has 0 aliphatic carbocycles. The van der Waals surface area contributed by atoms with Crippen LogP contribution in [-0.4, -0.2) is 22.5 Å². The quantitative estimate of drug-likeness (QED) is 0.859. The second kappa shape index (κ2) is 5.22. The van der Waals surface area contributed by atoms with Crippen LogP contribution in [0.5, 0.6) is 0 Å². The monoisotopic (exact) mass is 260 g/mol. The van der Waals surface area contributed by atoms with Crippen molar-refractivity contribution in [3.8, 4) is 0 Å². The van der Waals surface area contributed by atoms with Gasteiger partial charge in [0.15, 0.2) is 0 Å². The van der Waals surface area contributed by atoms with Crippen molar-refractivity contribution in [1.82, 2.24) is 9.97 Å². The number of carbonyl (C=O) groups excluding carboxylic acids is 1. The molecule has 0 unspecified atom stereocenters. The fourth-order valence-corrected chi connectivity index (χ4v) is 1.81. The summed E-state index contributed by atoms with van der Waals surface area (Å²) in [4.78, 5) is 30.1. The Bertz CT molecular complexity index is 674. The fraction of sp³-hybridized carbons (Fsp3) is 0.357. The van der Waals surface area contributed by atoms with Crippen LogP contribution < -0.4 is 5.56 Å². The van der Waals surface area contributed by atoms with Crippen molar-refractivity contribution in [2.75, 3.05) is 6.61 Å². The molecule has 0 aliphatic heterocycles. The zero-order valence-electron chi connectivity index (χ0n) is 11.2. The van der Waals surface area contributed by atoms with Gasteiger partial charge < -0.3 is 9.72 Å². The van der Waals surface area contributed by atoms with E-state index in [0.717, 1.165) is 5.56 Å². The van der Waals surface area contributed by atoms with E-state index in [1.807, 2.05) is 6.07 Å². The first kappa shape index (κ1) is 13.3. The highest BCUT2D eigenvalue weighted by Gasteiger charge is 2.13. The van der Waals surface area contributed by atoms with Gasteiger partial charge in [0, 0.05) is 0 Å². The van der Waals surface area contributed by atoms with E-state index in [0.29, 0.717) is 16.8 Å². The third-order valence-corrected chi connectivity index (χ3v) is 2.86. The highest BCUT2D eigenvalue weighted by molar-refractivity contribution is 5.88. The Kier molecular flexibility index (Phi) is 3.64. The molecule has 0 spiro atoms. The van der Waals surface area contributed by atoms with Crippen molar-refractivity contribution in [2.24, 2.45) is 0 Å². The number of rotatable bonds is 3. The molecule has 2 rings (SSSR count). The fourth-order valence-electron chi connectivity index (χ4n) is 1.81. The van der Waals surface area contributed by atoms with E-state index >= 15 is 0 Å². The molecule has 0 aliphatic rings. The van der Waals surface area contributed by atoms with E-state index in [1.165, 1.54) is 0 Å². The third kappa shape index (κ3) is 2.65. The Morgan fingerprint density at radius 1 is 1.42 bits per heavy atom. The molecule has 5 nitrogen and oxygen atoms in total. The molecule has 1 aromatic carbocycles. The summed E-state index contributed by atoms with van der Waals surface area (Å²) in [7, 11) is 0. The molecule has 2 aromatic rings. The van der Waals surface area contributed by atoms with Crippen molar-refractivity contribution in [3.05, 3.63) is 39.9 Å². The number of H-pyrrole nitrogens is 1. The Labute approximate surface area is 110 Å². The summed E-state index contributed by atoms with van der Waals surface area (Å²) >= 11 is 0. The standard InChI is InChI=1S/C14H16N2O3/c1-4-19-14(18)12-15-11-6-5-9(8(2)3)7-10(11)13(17)16-12/h5-8H,4H2,1-3H3,(H,15,16,17). The van der Waals surface area contributed by atoms with Crippen molar-refractivity contribution < 1.29 is 9.53 Å². The van der Waals surface area contributed by atoms with Crippen LogP contribution in [0, 0.1) is 0 Å². The number of esters is 1. The predicted octanol–water partition coefficient (Wildman–Crippen LogP) is 2.22. The highest BCUT2D eigenvalue weighted by atomic mass is 16.5. The van der Waals surface area contributed by atoms with E-state index in [4.69, 9.17) is 4.74 Å². The summed E-state index contributed by atoms with van der Waals surface area (Å²) in [6.45, 7) is 6.05. The lowest BCUT2D eigenvalue weighted by Crippen LogP contribution is -2.18. The van der Waals surface area contributed by atoms with Gasteiger partial charge in [-0.2, -0.15) is 0 Å². The molecule has 0 saturated heterocycles. The average molecular weight is 260 g/mol. The summed E-state index contributed by atoms with van der Waals surface area (Å²) in [6.07, 6.45) is 0. The second-order valence-electron chi connectivity index (χ2n) is 4.57. The molecule has 0 amide bonds. The van der Waals surface area contributed by atoms with Gasteiger partial charge in [0.2, 0.25) is 5.82 Å². The van der Waals surface area contributed by atoms with Crippen molar-refractivity contribution in [1.29, 1.82) is 0 Å². The lowest BCUT2D eigenvalue weighted by Gasteiger charge is -2.07. The summed E-state index contributed by atoms with van der Waals surface area (Å²) in [6, 6.07) is 5.47. The van der Waals surface area contributed by atoms with E-state index < -0.39 is 5.97 Å². The highest BCUT2D eigenvalue weighted by Crippen LogP contribution is 2.18. The minimum absolute atomic E-state index is 0.0587. The van der Waals surface area contributed by atoms with Crippen LogP contribution in [0.1, 0.15) is 42.9 Å². The Balaban J connectivity index is 2.56. The summed E-state index contributed by atoms with van der Waals surface area (Å²) in [5, 5.41) is 0.485. The average Bonchev–Trinajstić information content (AvgIpc) is 2.38. The van der Waals surface area contributed by atoms with E-state index in [-0.39, 0.29) is 18.0 Å². The van der Waals surface area contributed by atoms with Gasteiger partial charge in [-0.05, 0) is 30.5 Å². The van der Waals surface area contributed by atoms with Gasteiger partial charge in [0.25, 0.3) is 5.56 Å². The van der Waals surface area contributed by atoms with E-state index in [2.05, 4.69) is 23.8 Å². The van der Waals surface area contributed by atoms with Crippen LogP contribution in [0.15, 0.2) is 23.0 Å². The van der Waals surface area contributed by atoms with Gasteiger partial charge in [-0.25, -0.2) is 9.78 Å². The van der Waals surface area contributed by atoms with Gasteiger partial charge in [0.1, 0.15) is 0 Å². The Morgan fingerprint density at radius 2 is 2.16 bits per heavy atom. The minimum atomic E-state index is -0.616. The number of nitrogens with zero attached hydrogens (tertiary/aromatic N) is 1. The van der Waals surface area contributed by atoms with Gasteiger partial charge in [-0.1, -0.05) is 19.9 Å². The number of aromatic nitrogens is 2. The number of aromatic amines is 1. The van der Waals surface area contributed by atoms with Crippen molar-refractivity contribution in [3.63, 3.8) is 0 Å². The van der Waals surface area contributed by atoms with Crippen LogP contribution in [0.25, 0.3) is 10.9 Å². The van der Waals surface area contributed by atoms with E-state index in [1.54, 1.807) is 19.1 Å². The molecular weight excluding hydrogens is 244 g/mol. The summed E-state index contributed by atoms with van der Waals surface area (Å²) in [5.41, 5.74) is 1.23. The van der Waals surface area contributed by atoms with Crippen molar-refractivity contribution >= 4 is 16.9 Å². The van der Waals surface area contributed by atoms with Crippen LogP contribution >= 0.6 is 0 Å². The van der Waals surface area contributed by atoms with Crippen LogP contribution in [-0.2, 0) is 4.74 Å².